The Hall–Kier alpha value is -3.28. The first-order valence-electron chi connectivity index (χ1n) is 6.78. The van der Waals surface area contributed by atoms with E-state index in [2.05, 4.69) is 26.1 Å². The monoisotopic (exact) mass is 288 g/mol. The summed E-state index contributed by atoms with van der Waals surface area (Å²) in [5, 5.41) is 5.13. The summed E-state index contributed by atoms with van der Waals surface area (Å²) in [6, 6.07) is 12.0. The highest BCUT2D eigenvalue weighted by molar-refractivity contribution is 5.86. The van der Waals surface area contributed by atoms with Crippen LogP contribution in [-0.4, -0.2) is 24.7 Å². The van der Waals surface area contributed by atoms with Crippen molar-refractivity contribution >= 4 is 16.9 Å². The summed E-state index contributed by atoms with van der Waals surface area (Å²) in [5.74, 6) is 0.432. The van der Waals surface area contributed by atoms with Crippen LogP contribution in [0.3, 0.4) is 0 Å². The SMILES string of the molecule is Nc1ncnc2c1cnn2-c1cccc(-c2ccncc2)c1. The van der Waals surface area contributed by atoms with Crippen molar-refractivity contribution in [3.05, 3.63) is 61.3 Å². The molecule has 3 heterocycles. The molecule has 22 heavy (non-hydrogen) atoms. The molecule has 2 N–H and O–H groups in total. The molecule has 4 rings (SSSR count). The van der Waals surface area contributed by atoms with Crippen LogP contribution in [0.4, 0.5) is 5.82 Å². The lowest BCUT2D eigenvalue weighted by atomic mass is 10.1. The normalized spacial score (nSPS) is 10.9. The largest absolute Gasteiger partial charge is 0.383 e. The Labute approximate surface area is 126 Å². The molecule has 0 saturated heterocycles. The smallest absolute Gasteiger partial charge is 0.168 e. The second kappa shape index (κ2) is 4.92. The fourth-order valence-electron chi connectivity index (χ4n) is 2.41. The van der Waals surface area contributed by atoms with Gasteiger partial charge in [-0.15, -0.1) is 0 Å². The van der Waals surface area contributed by atoms with E-state index >= 15 is 0 Å². The number of pyridine rings is 1. The molecule has 0 aliphatic heterocycles. The van der Waals surface area contributed by atoms with Gasteiger partial charge >= 0.3 is 0 Å². The lowest BCUT2D eigenvalue weighted by Gasteiger charge is -2.06. The number of nitrogen functional groups attached to an aromatic ring is 1. The number of nitrogens with zero attached hydrogens (tertiary/aromatic N) is 5. The second-order valence-electron chi connectivity index (χ2n) is 4.84. The Morgan fingerprint density at radius 3 is 2.68 bits per heavy atom. The van der Waals surface area contributed by atoms with Crippen LogP contribution in [-0.2, 0) is 0 Å². The third-order valence-electron chi connectivity index (χ3n) is 3.50. The molecule has 0 unspecified atom stereocenters. The van der Waals surface area contributed by atoms with E-state index in [1.54, 1.807) is 23.3 Å². The van der Waals surface area contributed by atoms with Gasteiger partial charge in [-0.05, 0) is 35.4 Å². The summed E-state index contributed by atoms with van der Waals surface area (Å²) < 4.78 is 1.76. The summed E-state index contributed by atoms with van der Waals surface area (Å²) in [6.45, 7) is 0. The Bertz CT molecular complexity index is 945. The third kappa shape index (κ3) is 1.98. The molecule has 0 saturated carbocycles. The maximum atomic E-state index is 5.86. The van der Waals surface area contributed by atoms with Crippen molar-refractivity contribution in [3.63, 3.8) is 0 Å². The van der Waals surface area contributed by atoms with Gasteiger partial charge in [0.1, 0.15) is 12.1 Å². The first-order chi connectivity index (χ1) is 10.8. The van der Waals surface area contributed by atoms with Crippen molar-refractivity contribution in [2.24, 2.45) is 0 Å². The van der Waals surface area contributed by atoms with E-state index in [4.69, 9.17) is 5.73 Å². The molecular weight excluding hydrogens is 276 g/mol. The van der Waals surface area contributed by atoms with E-state index < -0.39 is 0 Å². The lowest BCUT2D eigenvalue weighted by Crippen LogP contribution is -1.99. The predicted molar refractivity (Wildman–Crippen MR) is 84.3 cm³/mol. The molecule has 0 aliphatic carbocycles. The molecule has 106 valence electrons. The van der Waals surface area contributed by atoms with Crippen molar-refractivity contribution in [2.45, 2.75) is 0 Å². The summed E-state index contributed by atoms with van der Waals surface area (Å²) in [6.07, 6.45) is 6.69. The first kappa shape index (κ1) is 12.5. The van der Waals surface area contributed by atoms with Crippen LogP contribution in [0, 0.1) is 0 Å². The van der Waals surface area contributed by atoms with E-state index in [0.717, 1.165) is 22.2 Å². The van der Waals surface area contributed by atoms with E-state index in [0.29, 0.717) is 11.5 Å². The Kier molecular flexibility index (Phi) is 2.79. The van der Waals surface area contributed by atoms with E-state index in [-0.39, 0.29) is 0 Å². The Balaban J connectivity index is 1.88. The number of hydrogen-bond acceptors (Lipinski definition) is 5. The molecule has 0 spiro atoms. The molecule has 4 aromatic rings. The van der Waals surface area contributed by atoms with Gasteiger partial charge in [-0.3, -0.25) is 4.98 Å². The summed E-state index contributed by atoms with van der Waals surface area (Å²) >= 11 is 0. The average Bonchev–Trinajstić information content (AvgIpc) is 3.01. The lowest BCUT2D eigenvalue weighted by molar-refractivity contribution is 0.895. The van der Waals surface area contributed by atoms with Crippen LogP contribution in [0.2, 0.25) is 0 Å². The summed E-state index contributed by atoms with van der Waals surface area (Å²) in [5.41, 5.74) is 9.66. The van der Waals surface area contributed by atoms with Crippen molar-refractivity contribution < 1.29 is 0 Å². The minimum absolute atomic E-state index is 0.432. The fraction of sp³-hybridized carbons (Fsp3) is 0. The number of fused-ring (bicyclic) bond motifs is 1. The zero-order valence-corrected chi connectivity index (χ0v) is 11.6. The van der Waals surface area contributed by atoms with Crippen LogP contribution in [0.15, 0.2) is 61.3 Å². The van der Waals surface area contributed by atoms with Crippen molar-refractivity contribution in [3.8, 4) is 16.8 Å². The minimum Gasteiger partial charge on any atom is -0.383 e. The van der Waals surface area contributed by atoms with Crippen LogP contribution in [0.1, 0.15) is 0 Å². The Morgan fingerprint density at radius 2 is 1.82 bits per heavy atom. The van der Waals surface area contributed by atoms with Gasteiger partial charge in [-0.2, -0.15) is 5.10 Å². The van der Waals surface area contributed by atoms with E-state index in [1.165, 1.54) is 6.33 Å². The van der Waals surface area contributed by atoms with Gasteiger partial charge in [0.05, 0.1) is 17.3 Å². The highest BCUT2D eigenvalue weighted by Gasteiger charge is 2.09. The molecule has 0 aliphatic rings. The molecule has 1 aromatic carbocycles. The number of anilines is 1. The van der Waals surface area contributed by atoms with Gasteiger partial charge in [0.15, 0.2) is 5.65 Å². The number of hydrogen-bond donors (Lipinski definition) is 1. The highest BCUT2D eigenvalue weighted by Crippen LogP contribution is 2.24. The van der Waals surface area contributed by atoms with Gasteiger partial charge in [0.25, 0.3) is 0 Å². The maximum absolute atomic E-state index is 5.86. The van der Waals surface area contributed by atoms with E-state index in [9.17, 15) is 0 Å². The van der Waals surface area contributed by atoms with Crippen molar-refractivity contribution in [2.75, 3.05) is 5.73 Å². The molecule has 6 heteroatoms. The zero-order valence-electron chi connectivity index (χ0n) is 11.6. The van der Waals surface area contributed by atoms with Crippen LogP contribution >= 0.6 is 0 Å². The second-order valence-corrected chi connectivity index (χ2v) is 4.84. The predicted octanol–water partition coefficient (Wildman–Crippen LogP) is 2.46. The molecule has 0 radical (unpaired) electrons. The topological polar surface area (TPSA) is 82.5 Å². The third-order valence-corrected chi connectivity index (χ3v) is 3.50. The van der Waals surface area contributed by atoms with Gasteiger partial charge in [0.2, 0.25) is 0 Å². The molecule has 0 fully saturated rings. The first-order valence-corrected chi connectivity index (χ1v) is 6.78. The number of benzene rings is 1. The van der Waals surface area contributed by atoms with Gasteiger partial charge in [0, 0.05) is 12.4 Å². The molecule has 0 atom stereocenters. The van der Waals surface area contributed by atoms with E-state index in [1.807, 2.05) is 30.3 Å². The summed E-state index contributed by atoms with van der Waals surface area (Å²) in [7, 11) is 0. The molecular formula is C16H12N6. The molecule has 6 nitrogen and oxygen atoms in total. The quantitative estimate of drug-likeness (QED) is 0.612. The zero-order chi connectivity index (χ0) is 14.9. The average molecular weight is 288 g/mol. The van der Waals surface area contributed by atoms with Gasteiger partial charge < -0.3 is 5.73 Å². The summed E-state index contributed by atoms with van der Waals surface area (Å²) in [4.78, 5) is 12.3. The molecule has 0 bridgehead atoms. The Morgan fingerprint density at radius 1 is 0.955 bits per heavy atom. The van der Waals surface area contributed by atoms with Crippen LogP contribution in [0.25, 0.3) is 27.8 Å². The number of aromatic nitrogens is 5. The molecule has 0 amide bonds. The number of rotatable bonds is 2. The highest BCUT2D eigenvalue weighted by atomic mass is 15.3. The van der Waals surface area contributed by atoms with Crippen LogP contribution in [0.5, 0.6) is 0 Å². The molecule has 3 aromatic heterocycles. The van der Waals surface area contributed by atoms with Crippen molar-refractivity contribution in [1.29, 1.82) is 0 Å². The van der Waals surface area contributed by atoms with Crippen molar-refractivity contribution in [1.82, 2.24) is 24.7 Å². The number of nitrogens with two attached hydrogens (primary N) is 1. The van der Waals surface area contributed by atoms with Gasteiger partial charge in [-0.25, -0.2) is 14.6 Å². The fourth-order valence-corrected chi connectivity index (χ4v) is 2.41. The van der Waals surface area contributed by atoms with Gasteiger partial charge in [-0.1, -0.05) is 12.1 Å². The standard InChI is InChI=1S/C16H12N6/c17-15-14-9-21-22(16(14)20-10-19-15)13-3-1-2-12(8-13)11-4-6-18-7-5-11/h1-10H,(H2,17,19,20). The van der Waals surface area contributed by atoms with Crippen LogP contribution < -0.4 is 5.73 Å². The maximum Gasteiger partial charge on any atom is 0.168 e. The minimum atomic E-state index is 0.432.